The van der Waals surface area contributed by atoms with Gasteiger partial charge >= 0.3 is 5.97 Å². The molecule has 5 rings (SSSR count). The Labute approximate surface area is 229 Å². The number of nitrogens with zero attached hydrogens (tertiary/aromatic N) is 4. The monoisotopic (exact) mass is 542 g/mol. The van der Waals surface area contributed by atoms with E-state index in [0.29, 0.717) is 52.7 Å². The van der Waals surface area contributed by atoms with Gasteiger partial charge in [0.1, 0.15) is 11.6 Å². The molecule has 204 valence electrons. The van der Waals surface area contributed by atoms with Crippen molar-refractivity contribution in [3.63, 3.8) is 0 Å². The number of ether oxygens (including phenoxy) is 2. The van der Waals surface area contributed by atoms with Crippen molar-refractivity contribution < 1.29 is 23.8 Å². The predicted octanol–water partition coefficient (Wildman–Crippen LogP) is 4.68. The van der Waals surface area contributed by atoms with E-state index < -0.39 is 11.8 Å². The number of aryl methyl sites for hydroxylation is 1. The number of imidazole rings is 1. The Kier molecular flexibility index (Phi) is 7.70. The number of rotatable bonds is 10. The smallest absolute Gasteiger partial charge is 0.335 e. The van der Waals surface area contributed by atoms with Crippen LogP contribution >= 0.6 is 0 Å². The molecular formula is C30H27FN4O5. The first-order valence-electron chi connectivity index (χ1n) is 12.6. The Hall–Kier alpha value is -4.83. The molecule has 10 heteroatoms. The van der Waals surface area contributed by atoms with Gasteiger partial charge in [0.15, 0.2) is 6.73 Å². The summed E-state index contributed by atoms with van der Waals surface area (Å²) in [6.07, 6.45) is 1.86. The van der Waals surface area contributed by atoms with E-state index >= 15 is 4.39 Å². The molecule has 0 saturated carbocycles. The van der Waals surface area contributed by atoms with Crippen molar-refractivity contribution in [2.75, 3.05) is 13.7 Å². The third kappa shape index (κ3) is 5.76. The number of aromatic carboxylic acids is 1. The second-order valence-electron chi connectivity index (χ2n) is 9.31. The highest BCUT2D eigenvalue weighted by Gasteiger charge is 2.16. The largest absolute Gasteiger partial charge is 0.478 e. The fourth-order valence-electron chi connectivity index (χ4n) is 4.40. The number of methoxy groups -OCH3 is 1. The first-order chi connectivity index (χ1) is 19.3. The number of aromatic nitrogens is 4. The number of hydrogen-bond donors (Lipinski definition) is 1. The number of fused-ring (bicyclic) bond motifs is 1. The molecule has 0 fully saturated rings. The molecule has 0 atom stereocenters. The Morgan fingerprint density at radius 1 is 1.05 bits per heavy atom. The van der Waals surface area contributed by atoms with Crippen LogP contribution in [-0.4, -0.2) is 43.9 Å². The molecule has 0 aliphatic carbocycles. The van der Waals surface area contributed by atoms with Crippen molar-refractivity contribution in [1.82, 2.24) is 19.1 Å². The molecule has 9 nitrogen and oxygen atoms in total. The van der Waals surface area contributed by atoms with Crippen LogP contribution in [0.2, 0.25) is 0 Å². The van der Waals surface area contributed by atoms with Crippen LogP contribution in [0.3, 0.4) is 0 Å². The van der Waals surface area contributed by atoms with Gasteiger partial charge in [-0.15, -0.1) is 0 Å². The summed E-state index contributed by atoms with van der Waals surface area (Å²) in [5.41, 5.74) is 3.64. The molecule has 0 saturated heterocycles. The van der Waals surface area contributed by atoms with Gasteiger partial charge in [-0.2, -0.15) is 0 Å². The van der Waals surface area contributed by atoms with Crippen LogP contribution in [-0.2, 0) is 24.4 Å². The molecule has 0 aliphatic rings. The molecule has 0 radical (unpaired) electrons. The molecule has 5 aromatic rings. The van der Waals surface area contributed by atoms with Crippen LogP contribution in [0, 0.1) is 12.7 Å². The van der Waals surface area contributed by atoms with Crippen molar-refractivity contribution in [2.45, 2.75) is 26.6 Å². The third-order valence-electron chi connectivity index (χ3n) is 6.52. The minimum atomic E-state index is -1.03. The van der Waals surface area contributed by atoms with Crippen LogP contribution in [0.15, 0.2) is 77.7 Å². The maximum atomic E-state index is 15.3. The average molecular weight is 543 g/mol. The average Bonchev–Trinajstić information content (AvgIpc) is 3.28. The fraction of sp³-hybridized carbons (Fsp3) is 0.200. The quantitative estimate of drug-likeness (QED) is 0.273. The first kappa shape index (κ1) is 26.8. The molecular weight excluding hydrogens is 515 g/mol. The third-order valence-corrected chi connectivity index (χ3v) is 6.52. The van der Waals surface area contributed by atoms with Gasteiger partial charge in [-0.3, -0.25) is 9.36 Å². The zero-order valence-electron chi connectivity index (χ0n) is 22.0. The number of carbonyl (C=O) groups is 1. The number of carboxylic acid groups (broad SMARTS) is 1. The predicted molar refractivity (Wildman–Crippen MR) is 147 cm³/mol. The van der Waals surface area contributed by atoms with E-state index in [1.807, 2.05) is 17.6 Å². The minimum Gasteiger partial charge on any atom is -0.478 e. The zero-order chi connectivity index (χ0) is 28.2. The number of carboxylic acids is 1. The summed E-state index contributed by atoms with van der Waals surface area (Å²) in [6.45, 7) is 2.67. The van der Waals surface area contributed by atoms with Crippen molar-refractivity contribution >= 4 is 17.0 Å². The summed E-state index contributed by atoms with van der Waals surface area (Å²) in [4.78, 5) is 32.7. The van der Waals surface area contributed by atoms with E-state index in [0.717, 1.165) is 5.56 Å². The van der Waals surface area contributed by atoms with Crippen molar-refractivity contribution in [3.05, 3.63) is 112 Å². The minimum absolute atomic E-state index is 0.000888. The van der Waals surface area contributed by atoms with E-state index in [4.69, 9.17) is 9.47 Å². The molecule has 0 aliphatic heterocycles. The maximum absolute atomic E-state index is 15.3. The lowest BCUT2D eigenvalue weighted by molar-refractivity contribution is 0.0697. The highest BCUT2D eigenvalue weighted by Crippen LogP contribution is 2.25. The molecule has 3 aromatic heterocycles. The van der Waals surface area contributed by atoms with Crippen molar-refractivity contribution in [2.24, 2.45) is 0 Å². The molecule has 2 aromatic carbocycles. The molecule has 0 unspecified atom stereocenters. The van der Waals surface area contributed by atoms with Crippen LogP contribution in [0.5, 0.6) is 5.88 Å². The molecule has 1 N–H and O–H groups in total. The van der Waals surface area contributed by atoms with E-state index in [2.05, 4.69) is 9.97 Å². The van der Waals surface area contributed by atoms with Gasteiger partial charge in [-0.1, -0.05) is 18.2 Å². The van der Waals surface area contributed by atoms with Gasteiger partial charge in [0.2, 0.25) is 5.88 Å². The van der Waals surface area contributed by atoms with E-state index in [1.165, 1.54) is 22.8 Å². The number of benzene rings is 2. The lowest BCUT2D eigenvalue weighted by Crippen LogP contribution is -2.21. The van der Waals surface area contributed by atoms with Crippen molar-refractivity contribution in [1.29, 1.82) is 0 Å². The zero-order valence-corrected chi connectivity index (χ0v) is 22.0. The fourth-order valence-corrected chi connectivity index (χ4v) is 4.40. The Balaban J connectivity index is 1.38. The standard InChI is InChI=1S/C30H27FN4O5/c1-19-10-11-34(29(36)14-19)18-40-28-5-3-4-24(33-28)21-7-6-20(23(31)15-21)17-27-32-25-9-8-22(30(37)38)16-26(25)35(27)12-13-39-2/h3-11,14-16H,12-13,17-18H2,1-2H3,(H,37,38). The molecule has 0 bridgehead atoms. The highest BCUT2D eigenvalue weighted by molar-refractivity contribution is 5.92. The van der Waals surface area contributed by atoms with Gasteiger partial charge < -0.3 is 19.1 Å². The summed E-state index contributed by atoms with van der Waals surface area (Å²) in [7, 11) is 1.58. The lowest BCUT2D eigenvalue weighted by Gasteiger charge is -2.11. The number of pyridine rings is 2. The molecule has 0 amide bonds. The Morgan fingerprint density at radius 3 is 2.65 bits per heavy atom. The summed E-state index contributed by atoms with van der Waals surface area (Å²) < 4.78 is 29.6. The Bertz CT molecular complexity index is 1760. The highest BCUT2D eigenvalue weighted by atomic mass is 19.1. The second-order valence-corrected chi connectivity index (χ2v) is 9.31. The second kappa shape index (κ2) is 11.5. The van der Waals surface area contributed by atoms with Crippen LogP contribution in [0.1, 0.15) is 27.3 Å². The van der Waals surface area contributed by atoms with Crippen LogP contribution < -0.4 is 10.3 Å². The molecule has 3 heterocycles. The molecule has 0 spiro atoms. The maximum Gasteiger partial charge on any atom is 0.335 e. The first-order valence-corrected chi connectivity index (χ1v) is 12.6. The molecule has 40 heavy (non-hydrogen) atoms. The SMILES string of the molecule is COCCn1c(Cc2ccc(-c3cccc(OCn4ccc(C)cc4=O)n3)cc2F)nc2ccc(C(=O)O)cc21. The van der Waals surface area contributed by atoms with E-state index in [1.54, 1.807) is 55.8 Å². The number of hydrogen-bond acceptors (Lipinski definition) is 6. The summed E-state index contributed by atoms with van der Waals surface area (Å²) >= 11 is 0. The van der Waals surface area contributed by atoms with Gasteiger partial charge in [-0.05, 0) is 54.4 Å². The van der Waals surface area contributed by atoms with Gasteiger partial charge in [0.25, 0.3) is 5.56 Å². The topological polar surface area (TPSA) is 108 Å². The summed E-state index contributed by atoms with van der Waals surface area (Å²) in [6, 6.07) is 18.1. The van der Waals surface area contributed by atoms with Crippen LogP contribution in [0.25, 0.3) is 22.3 Å². The van der Waals surface area contributed by atoms with Gasteiger partial charge in [0.05, 0.1) is 28.9 Å². The van der Waals surface area contributed by atoms with Gasteiger partial charge in [-0.25, -0.2) is 19.2 Å². The van der Waals surface area contributed by atoms with Crippen LogP contribution in [0.4, 0.5) is 4.39 Å². The summed E-state index contributed by atoms with van der Waals surface area (Å²) in [5, 5.41) is 9.40. The Morgan fingerprint density at radius 2 is 1.90 bits per heavy atom. The van der Waals surface area contributed by atoms with Crippen molar-refractivity contribution in [3.8, 4) is 17.1 Å². The van der Waals surface area contributed by atoms with E-state index in [9.17, 15) is 14.7 Å². The number of halogens is 1. The summed E-state index contributed by atoms with van der Waals surface area (Å²) in [5.74, 6) is -0.548. The van der Waals surface area contributed by atoms with Gasteiger partial charge in [0, 0.05) is 44.0 Å². The lowest BCUT2D eigenvalue weighted by atomic mass is 10.1. The van der Waals surface area contributed by atoms with E-state index in [-0.39, 0.29) is 24.3 Å². The normalized spacial score (nSPS) is 11.2.